The second kappa shape index (κ2) is 18.6. The van der Waals surface area contributed by atoms with Crippen LogP contribution in [0.5, 0.6) is 5.75 Å². The molecule has 1 amide bonds. The highest BCUT2D eigenvalue weighted by atomic mass is 28.4. The van der Waals surface area contributed by atoms with Crippen molar-refractivity contribution < 1.29 is 23.9 Å². The van der Waals surface area contributed by atoms with E-state index in [1.54, 1.807) is 12.1 Å². The van der Waals surface area contributed by atoms with Gasteiger partial charge in [0.2, 0.25) is 11.5 Å². The number of nitrogens with zero attached hydrogens (tertiary/aromatic N) is 2. The second-order valence-electron chi connectivity index (χ2n) is 19.7. The molecule has 11 heteroatoms. The Balaban J connectivity index is 0.874. The number of pyridine rings is 1. The number of carbonyl (C=O) groups excluding carboxylic acids is 2. The Morgan fingerprint density at radius 3 is 2.42 bits per heavy atom. The number of amides is 1. The average Bonchev–Trinajstić information content (AvgIpc) is 3.23. The summed E-state index contributed by atoms with van der Waals surface area (Å²) in [6.45, 7) is 17.4. The first-order valence-electron chi connectivity index (χ1n) is 22.8. The number of H-pyrrole nitrogens is 1. The maximum atomic E-state index is 14.1. The number of aromatic amines is 1. The minimum absolute atomic E-state index is 0.00954. The monoisotopic (exact) mass is 827 g/mol. The van der Waals surface area contributed by atoms with Gasteiger partial charge in [0.05, 0.1) is 17.0 Å². The zero-order chi connectivity index (χ0) is 41.8. The number of carbonyl (C=O) groups is 2. The molecule has 5 heterocycles. The van der Waals surface area contributed by atoms with Crippen LogP contribution < -0.4 is 10.9 Å². The van der Waals surface area contributed by atoms with Crippen molar-refractivity contribution in [1.29, 1.82) is 0 Å². The zero-order valence-electron chi connectivity index (χ0n) is 36.5. The predicted molar refractivity (Wildman–Crippen MR) is 237 cm³/mol. The minimum atomic E-state index is -2.16. The Bertz CT molecular complexity index is 1970. The van der Waals surface area contributed by atoms with Gasteiger partial charge in [-0.25, -0.2) is 0 Å². The van der Waals surface area contributed by atoms with Crippen molar-refractivity contribution >= 4 is 31.1 Å². The van der Waals surface area contributed by atoms with Crippen LogP contribution in [0.25, 0.3) is 10.9 Å². The van der Waals surface area contributed by atoms with Gasteiger partial charge in [-0.3, -0.25) is 19.3 Å². The van der Waals surface area contributed by atoms with Gasteiger partial charge in [-0.1, -0.05) is 70.4 Å². The number of esters is 1. The molecule has 322 valence electrons. The summed E-state index contributed by atoms with van der Waals surface area (Å²) in [7, 11) is -2.16. The molecule has 10 nitrogen and oxygen atoms in total. The third kappa shape index (κ3) is 10.2. The number of piperidine rings is 4. The van der Waals surface area contributed by atoms with Crippen molar-refractivity contribution in [3.8, 4) is 5.75 Å². The van der Waals surface area contributed by atoms with Gasteiger partial charge in [0.25, 0.3) is 0 Å². The Hall–Kier alpha value is -3.51. The molecule has 5 fully saturated rings. The molecule has 3 aromatic rings. The molecule has 2 atom stereocenters. The summed E-state index contributed by atoms with van der Waals surface area (Å²) in [5, 5.41) is 15.0. The number of hydrogen-bond donors (Lipinski definition) is 3. The van der Waals surface area contributed by atoms with Crippen molar-refractivity contribution in [1.82, 2.24) is 20.1 Å². The smallest absolute Gasteiger partial charge is 0.316 e. The number of ether oxygens (including phenoxy) is 1. The lowest BCUT2D eigenvalue weighted by Gasteiger charge is -2.45. The van der Waals surface area contributed by atoms with Gasteiger partial charge in [-0.15, -0.1) is 0 Å². The van der Waals surface area contributed by atoms with Crippen molar-refractivity contribution in [2.45, 2.75) is 140 Å². The van der Waals surface area contributed by atoms with Crippen molar-refractivity contribution in [3.63, 3.8) is 0 Å². The van der Waals surface area contributed by atoms with Gasteiger partial charge in [0.15, 0.2) is 8.32 Å². The SMILES string of the molecule is CC(C)(C)[Si](C)(C)O[C@@H](CNCCC1CCN(C(=O)CCCc2cccc(C3(C(=O)OC4CN5CCC4CC5)CCCCC3)c2)CC1)c1ccc(O)c2[nH]c(=O)ccc12. The van der Waals surface area contributed by atoms with Crippen LogP contribution in [-0.4, -0.2) is 92.0 Å². The molecule has 2 aromatic carbocycles. The predicted octanol–water partition coefficient (Wildman–Crippen LogP) is 8.38. The summed E-state index contributed by atoms with van der Waals surface area (Å²) in [5.74, 6) is 1.35. The van der Waals surface area contributed by atoms with E-state index < -0.39 is 13.7 Å². The fraction of sp³-hybridized carbons (Fsp3) is 0.646. The molecule has 5 aliphatic rings. The third-order valence-electron chi connectivity index (χ3n) is 14.8. The molecule has 4 saturated heterocycles. The van der Waals surface area contributed by atoms with Crippen molar-refractivity contribution in [3.05, 3.63) is 75.6 Å². The summed E-state index contributed by atoms with van der Waals surface area (Å²) in [6.07, 6.45) is 12.3. The van der Waals surface area contributed by atoms with E-state index in [0.717, 1.165) is 126 Å². The molecule has 4 aliphatic heterocycles. The molecule has 1 aliphatic carbocycles. The molecule has 59 heavy (non-hydrogen) atoms. The number of phenols is 1. The summed E-state index contributed by atoms with van der Waals surface area (Å²) in [6, 6.07) is 15.5. The first-order chi connectivity index (χ1) is 28.2. The zero-order valence-corrected chi connectivity index (χ0v) is 37.5. The highest BCUT2D eigenvalue weighted by Crippen LogP contribution is 2.43. The number of rotatable bonds is 15. The molecule has 0 radical (unpaired) electrons. The van der Waals surface area contributed by atoms with Crippen LogP contribution in [-0.2, 0) is 30.6 Å². The Kier molecular flexibility index (Phi) is 13.8. The van der Waals surface area contributed by atoms with Crippen LogP contribution in [0.4, 0.5) is 0 Å². The lowest BCUT2D eigenvalue weighted by Crippen LogP contribution is -2.53. The topological polar surface area (TPSA) is 124 Å². The molecule has 0 spiro atoms. The van der Waals surface area contributed by atoms with Gasteiger partial charge in [-0.05, 0) is 136 Å². The van der Waals surface area contributed by atoms with Crippen LogP contribution in [0.2, 0.25) is 18.1 Å². The molecule has 1 unspecified atom stereocenters. The van der Waals surface area contributed by atoms with E-state index in [2.05, 4.69) is 78.2 Å². The van der Waals surface area contributed by atoms with Gasteiger partial charge in [0.1, 0.15) is 11.9 Å². The van der Waals surface area contributed by atoms with E-state index in [1.165, 1.54) is 18.1 Å². The largest absolute Gasteiger partial charge is 0.506 e. The first kappa shape index (κ1) is 43.6. The van der Waals surface area contributed by atoms with Crippen LogP contribution in [0.15, 0.2) is 53.3 Å². The van der Waals surface area contributed by atoms with E-state index in [-0.39, 0.29) is 40.4 Å². The second-order valence-corrected chi connectivity index (χ2v) is 24.5. The van der Waals surface area contributed by atoms with E-state index >= 15 is 0 Å². The number of fused-ring (bicyclic) bond motifs is 4. The van der Waals surface area contributed by atoms with Crippen molar-refractivity contribution in [2.24, 2.45) is 11.8 Å². The van der Waals surface area contributed by atoms with Crippen LogP contribution >= 0.6 is 0 Å². The van der Waals surface area contributed by atoms with Gasteiger partial charge < -0.3 is 29.5 Å². The molecule has 2 bridgehead atoms. The molecule has 8 rings (SSSR count). The minimum Gasteiger partial charge on any atom is -0.506 e. The van der Waals surface area contributed by atoms with Crippen LogP contribution in [0.1, 0.15) is 121 Å². The summed E-state index contributed by atoms with van der Waals surface area (Å²) in [5.41, 5.74) is 2.90. The molecular weight excluding hydrogens is 757 g/mol. The third-order valence-corrected chi connectivity index (χ3v) is 19.3. The fourth-order valence-corrected chi connectivity index (χ4v) is 11.3. The number of aromatic hydroxyl groups is 1. The maximum absolute atomic E-state index is 14.1. The highest BCUT2D eigenvalue weighted by Gasteiger charge is 2.46. The van der Waals surface area contributed by atoms with Crippen molar-refractivity contribution in [2.75, 3.05) is 45.8 Å². The van der Waals surface area contributed by atoms with Gasteiger partial charge in [0, 0.05) is 44.1 Å². The number of hydrogen-bond acceptors (Lipinski definition) is 8. The summed E-state index contributed by atoms with van der Waals surface area (Å²) < 4.78 is 13.4. The number of phenolic OH excluding ortho intramolecular Hbond substituents is 1. The standard InChI is InChI=1S/C48H70N4O6Si/c1-47(2,3)59(4,5)58-41(38-15-17-40(53)45-39(38)16-18-43(54)50-45)32-49-26-19-34-20-29-52(30-21-34)44(55)14-10-12-35-11-9-13-37(31-35)48(24-7-6-8-25-48)46(56)57-42-33-51-27-22-36(42)23-28-51/h9,11,13,15-18,31,34,36,41-42,49,53H,6-8,10,12,14,19-30,32-33H2,1-5H3,(H,50,54)/t41-,42?/m0/s1. The Morgan fingerprint density at radius 1 is 0.983 bits per heavy atom. The number of likely N-dealkylation sites (tertiary alicyclic amines) is 1. The molecular formula is C48H70N4O6Si. The molecule has 1 aromatic heterocycles. The van der Waals surface area contributed by atoms with E-state index in [4.69, 9.17) is 9.16 Å². The van der Waals surface area contributed by atoms with E-state index in [9.17, 15) is 19.5 Å². The number of aromatic nitrogens is 1. The van der Waals surface area contributed by atoms with E-state index in [0.29, 0.717) is 30.3 Å². The van der Waals surface area contributed by atoms with E-state index in [1.807, 2.05) is 6.07 Å². The molecule has 3 N–H and O–H groups in total. The van der Waals surface area contributed by atoms with Gasteiger partial charge in [-0.2, -0.15) is 0 Å². The van der Waals surface area contributed by atoms with Crippen LogP contribution in [0.3, 0.4) is 0 Å². The quantitative estimate of drug-likeness (QED) is 0.0794. The number of benzene rings is 2. The normalized spacial score (nSPS) is 23.0. The number of aryl methyl sites for hydroxylation is 1. The Morgan fingerprint density at radius 2 is 1.73 bits per heavy atom. The lowest BCUT2D eigenvalue weighted by molar-refractivity contribution is -0.167. The lowest BCUT2D eigenvalue weighted by atomic mass is 9.69. The summed E-state index contributed by atoms with van der Waals surface area (Å²) in [4.78, 5) is 46.9. The van der Waals surface area contributed by atoms with Gasteiger partial charge >= 0.3 is 5.97 Å². The molecule has 1 saturated carbocycles. The van der Waals surface area contributed by atoms with Crippen LogP contribution in [0, 0.1) is 11.8 Å². The first-order valence-corrected chi connectivity index (χ1v) is 25.7. The Labute approximate surface area is 352 Å². The summed E-state index contributed by atoms with van der Waals surface area (Å²) >= 11 is 0. The fourth-order valence-electron chi connectivity index (χ4n) is 9.98. The number of nitrogens with one attached hydrogen (secondary N) is 2. The maximum Gasteiger partial charge on any atom is 0.316 e. The average molecular weight is 827 g/mol. The highest BCUT2D eigenvalue weighted by molar-refractivity contribution is 6.74.